The highest BCUT2D eigenvalue weighted by Gasteiger charge is 2.14. The summed E-state index contributed by atoms with van der Waals surface area (Å²) in [7, 11) is 0. The number of aliphatic hydroxyl groups is 1. The Morgan fingerprint density at radius 2 is 1.50 bits per heavy atom. The Balaban J connectivity index is 2.08. The maximum absolute atomic E-state index is 10.3. The van der Waals surface area contributed by atoms with Crippen molar-refractivity contribution in [2.75, 3.05) is 0 Å². The van der Waals surface area contributed by atoms with E-state index < -0.39 is 6.10 Å². The number of halogens is 1. The minimum atomic E-state index is -0.493. The van der Waals surface area contributed by atoms with E-state index in [1.54, 1.807) is 0 Å². The van der Waals surface area contributed by atoms with Crippen molar-refractivity contribution in [2.45, 2.75) is 38.7 Å². The van der Waals surface area contributed by atoms with Crippen molar-refractivity contribution >= 4 is 11.6 Å². The summed E-state index contributed by atoms with van der Waals surface area (Å²) in [5, 5.41) is 10.9. The summed E-state index contributed by atoms with van der Waals surface area (Å²) in [6, 6.07) is 15.8. The van der Waals surface area contributed by atoms with Gasteiger partial charge in [-0.15, -0.1) is 0 Å². The predicted octanol–water partition coefficient (Wildman–Crippen LogP) is 4.91. The first kappa shape index (κ1) is 15.1. The Bertz CT molecular complexity index is 549. The van der Waals surface area contributed by atoms with Crippen LogP contribution in [0.25, 0.3) is 0 Å². The molecule has 2 heteroatoms. The molecule has 0 aliphatic rings. The van der Waals surface area contributed by atoms with Crippen molar-refractivity contribution in [2.24, 2.45) is 0 Å². The van der Waals surface area contributed by atoms with Crippen molar-refractivity contribution < 1.29 is 5.11 Å². The van der Waals surface area contributed by atoms with Crippen LogP contribution in [0.5, 0.6) is 0 Å². The molecule has 1 unspecified atom stereocenters. The maximum Gasteiger partial charge on any atom is 0.0830 e. The van der Waals surface area contributed by atoms with Gasteiger partial charge >= 0.3 is 0 Å². The van der Waals surface area contributed by atoms with Crippen LogP contribution in [0.4, 0.5) is 0 Å². The second kappa shape index (κ2) is 5.99. The molecule has 0 aliphatic heterocycles. The fourth-order valence-electron chi connectivity index (χ4n) is 2.17. The Morgan fingerprint density at radius 3 is 2.00 bits per heavy atom. The van der Waals surface area contributed by atoms with Gasteiger partial charge in [-0.1, -0.05) is 68.8 Å². The average molecular weight is 289 g/mol. The largest absolute Gasteiger partial charge is 0.388 e. The summed E-state index contributed by atoms with van der Waals surface area (Å²) in [4.78, 5) is 0. The highest BCUT2D eigenvalue weighted by molar-refractivity contribution is 6.30. The third kappa shape index (κ3) is 3.84. The minimum absolute atomic E-state index is 0.160. The molecule has 2 aromatic rings. The molecule has 106 valence electrons. The average Bonchev–Trinajstić information content (AvgIpc) is 2.39. The second-order valence-corrected chi connectivity index (χ2v) is 6.65. The van der Waals surface area contributed by atoms with Crippen LogP contribution in [0.15, 0.2) is 48.5 Å². The predicted molar refractivity (Wildman–Crippen MR) is 85.3 cm³/mol. The third-order valence-electron chi connectivity index (χ3n) is 3.50. The molecule has 1 N–H and O–H groups in total. The van der Waals surface area contributed by atoms with Gasteiger partial charge in [0.25, 0.3) is 0 Å². The fraction of sp³-hybridized carbons (Fsp3) is 0.333. The molecule has 0 spiro atoms. The molecule has 2 rings (SSSR count). The molecule has 1 nitrogen and oxygen atoms in total. The van der Waals surface area contributed by atoms with Crippen LogP contribution in [-0.2, 0) is 11.8 Å². The molecule has 0 bridgehead atoms. The first-order valence-electron chi connectivity index (χ1n) is 6.89. The lowest BCUT2D eigenvalue weighted by atomic mass is 9.86. The lowest BCUT2D eigenvalue weighted by Gasteiger charge is -2.19. The van der Waals surface area contributed by atoms with Crippen molar-refractivity contribution in [3.8, 4) is 0 Å². The van der Waals surface area contributed by atoms with Crippen LogP contribution in [0.3, 0.4) is 0 Å². The molecule has 0 fully saturated rings. The van der Waals surface area contributed by atoms with Gasteiger partial charge in [-0.3, -0.25) is 0 Å². The van der Waals surface area contributed by atoms with Crippen LogP contribution in [0, 0.1) is 0 Å². The van der Waals surface area contributed by atoms with E-state index in [1.165, 1.54) is 5.56 Å². The van der Waals surface area contributed by atoms with Gasteiger partial charge in [-0.25, -0.2) is 0 Å². The lowest BCUT2D eigenvalue weighted by molar-refractivity contribution is 0.178. The summed E-state index contributed by atoms with van der Waals surface area (Å²) in [5.41, 5.74) is 3.50. The molecular formula is C18H21ClO. The van der Waals surface area contributed by atoms with E-state index in [1.807, 2.05) is 24.3 Å². The molecule has 0 aliphatic carbocycles. The van der Waals surface area contributed by atoms with Crippen molar-refractivity contribution in [3.05, 3.63) is 70.2 Å². The first-order chi connectivity index (χ1) is 9.36. The quantitative estimate of drug-likeness (QED) is 0.850. The van der Waals surface area contributed by atoms with Crippen LogP contribution >= 0.6 is 11.6 Å². The second-order valence-electron chi connectivity index (χ2n) is 6.22. The van der Waals surface area contributed by atoms with E-state index in [9.17, 15) is 5.11 Å². The molecule has 0 radical (unpaired) electrons. The number of aliphatic hydroxyl groups excluding tert-OH is 1. The van der Waals surface area contributed by atoms with E-state index in [4.69, 9.17) is 11.6 Å². The zero-order valence-corrected chi connectivity index (χ0v) is 13.0. The maximum atomic E-state index is 10.3. The molecule has 0 amide bonds. The van der Waals surface area contributed by atoms with Gasteiger partial charge in [0.1, 0.15) is 0 Å². The molecule has 0 saturated heterocycles. The van der Waals surface area contributed by atoms with Gasteiger partial charge in [0, 0.05) is 11.4 Å². The normalized spacial score (nSPS) is 13.2. The Morgan fingerprint density at radius 1 is 0.950 bits per heavy atom. The van der Waals surface area contributed by atoms with Crippen LogP contribution in [0.2, 0.25) is 5.02 Å². The number of hydrogen-bond acceptors (Lipinski definition) is 1. The van der Waals surface area contributed by atoms with Gasteiger partial charge in [-0.2, -0.15) is 0 Å². The summed E-state index contributed by atoms with van der Waals surface area (Å²) < 4.78 is 0. The van der Waals surface area contributed by atoms with Crippen LogP contribution in [-0.4, -0.2) is 5.11 Å². The van der Waals surface area contributed by atoms with Gasteiger partial charge < -0.3 is 5.11 Å². The SMILES string of the molecule is CC(C)(C)c1ccc(CC(O)c2ccc(Cl)cc2)cc1. The van der Waals surface area contributed by atoms with Gasteiger partial charge in [0.05, 0.1) is 6.10 Å². The Kier molecular flexibility index (Phi) is 4.52. The Labute approximate surface area is 126 Å². The monoisotopic (exact) mass is 288 g/mol. The molecule has 0 heterocycles. The molecular weight excluding hydrogens is 268 g/mol. The van der Waals surface area contributed by atoms with Gasteiger partial charge in [0.2, 0.25) is 0 Å². The van der Waals surface area contributed by atoms with E-state index in [0.717, 1.165) is 11.1 Å². The zero-order chi connectivity index (χ0) is 14.8. The molecule has 2 aromatic carbocycles. The van der Waals surface area contributed by atoms with Crippen molar-refractivity contribution in [3.63, 3.8) is 0 Å². The first-order valence-corrected chi connectivity index (χ1v) is 7.27. The molecule has 1 atom stereocenters. The van der Waals surface area contributed by atoms with Crippen LogP contribution < -0.4 is 0 Å². The van der Waals surface area contributed by atoms with E-state index in [-0.39, 0.29) is 5.41 Å². The topological polar surface area (TPSA) is 20.2 Å². The van der Waals surface area contributed by atoms with Gasteiger partial charge in [0.15, 0.2) is 0 Å². The summed E-state index contributed by atoms with van der Waals surface area (Å²) in [6.07, 6.45) is 0.124. The van der Waals surface area contributed by atoms with E-state index >= 15 is 0 Å². The Hall–Kier alpha value is -1.31. The van der Waals surface area contributed by atoms with Crippen LogP contribution in [0.1, 0.15) is 43.6 Å². The molecule has 20 heavy (non-hydrogen) atoms. The molecule has 0 saturated carbocycles. The minimum Gasteiger partial charge on any atom is -0.388 e. The zero-order valence-electron chi connectivity index (χ0n) is 12.2. The van der Waals surface area contributed by atoms with Crippen molar-refractivity contribution in [1.82, 2.24) is 0 Å². The third-order valence-corrected chi connectivity index (χ3v) is 3.76. The number of benzene rings is 2. The lowest BCUT2D eigenvalue weighted by Crippen LogP contribution is -2.11. The fourth-order valence-corrected chi connectivity index (χ4v) is 2.29. The van der Waals surface area contributed by atoms with Crippen molar-refractivity contribution in [1.29, 1.82) is 0 Å². The number of rotatable bonds is 3. The number of hydrogen-bond donors (Lipinski definition) is 1. The standard InChI is InChI=1S/C18H21ClO/c1-18(2,3)15-8-4-13(5-9-15)12-17(20)14-6-10-16(19)11-7-14/h4-11,17,20H,12H2,1-3H3. The molecule has 0 aromatic heterocycles. The summed E-state index contributed by atoms with van der Waals surface area (Å²) >= 11 is 5.86. The summed E-state index contributed by atoms with van der Waals surface area (Å²) in [6.45, 7) is 6.60. The highest BCUT2D eigenvalue weighted by atomic mass is 35.5. The van der Waals surface area contributed by atoms with E-state index in [0.29, 0.717) is 11.4 Å². The highest BCUT2D eigenvalue weighted by Crippen LogP contribution is 2.24. The summed E-state index contributed by atoms with van der Waals surface area (Å²) in [5.74, 6) is 0. The smallest absolute Gasteiger partial charge is 0.0830 e. The van der Waals surface area contributed by atoms with E-state index in [2.05, 4.69) is 45.0 Å². The van der Waals surface area contributed by atoms with Gasteiger partial charge in [-0.05, 0) is 34.2 Å².